The zero-order valence-electron chi connectivity index (χ0n) is 24.4. The van der Waals surface area contributed by atoms with Crippen molar-refractivity contribution in [1.29, 1.82) is 0 Å². The second kappa shape index (κ2) is 11.5. The number of hydrogen-bond acceptors (Lipinski definition) is 7. The van der Waals surface area contributed by atoms with E-state index < -0.39 is 0 Å². The highest BCUT2D eigenvalue weighted by atomic mass is 32.2. The third kappa shape index (κ3) is 5.29. The van der Waals surface area contributed by atoms with Crippen molar-refractivity contribution in [1.82, 2.24) is 10.6 Å². The molecular formula is C33H40N2O6S. The van der Waals surface area contributed by atoms with Gasteiger partial charge >= 0.3 is 12.0 Å². The molecule has 6 atom stereocenters. The molecule has 5 aliphatic rings. The largest absolute Gasteiger partial charge is 0.493 e. The van der Waals surface area contributed by atoms with Gasteiger partial charge in [0, 0.05) is 23.0 Å². The second-order valence-corrected chi connectivity index (χ2v) is 13.9. The molecule has 3 aliphatic heterocycles. The Morgan fingerprint density at radius 2 is 1.95 bits per heavy atom. The maximum Gasteiger partial charge on any atom is 0.315 e. The van der Waals surface area contributed by atoms with Gasteiger partial charge in [-0.15, -0.1) is 0 Å². The van der Waals surface area contributed by atoms with Crippen LogP contribution >= 0.6 is 11.8 Å². The summed E-state index contributed by atoms with van der Waals surface area (Å²) >= 11 is 1.91. The van der Waals surface area contributed by atoms with Gasteiger partial charge in [-0.25, -0.2) is 4.79 Å². The zero-order chi connectivity index (χ0) is 28.8. The van der Waals surface area contributed by atoms with Gasteiger partial charge in [0.15, 0.2) is 23.0 Å². The number of urea groups is 1. The van der Waals surface area contributed by atoms with Gasteiger partial charge in [-0.2, -0.15) is 11.8 Å². The van der Waals surface area contributed by atoms with Crippen LogP contribution in [0.3, 0.4) is 0 Å². The molecule has 7 rings (SSSR count). The van der Waals surface area contributed by atoms with Gasteiger partial charge in [-0.3, -0.25) is 4.79 Å². The lowest BCUT2D eigenvalue weighted by Gasteiger charge is -2.32. The highest BCUT2D eigenvalue weighted by Crippen LogP contribution is 2.48. The SMILES string of the molecule is COc1ccc2c(c1OC(=O)CCCCC1SCC3NC(=O)NC31)CC(C)C1CCc3cc4c(cc3C(C2)C1)OCO4. The fraction of sp³-hybridized carbons (Fsp3) is 0.576. The van der Waals surface area contributed by atoms with Crippen LogP contribution in [0.1, 0.15) is 73.6 Å². The minimum Gasteiger partial charge on any atom is -0.493 e. The van der Waals surface area contributed by atoms with E-state index in [1.54, 1.807) is 7.11 Å². The number of carbonyl (C=O) groups excluding carboxylic acids is 2. The highest BCUT2D eigenvalue weighted by Gasteiger charge is 2.42. The summed E-state index contributed by atoms with van der Waals surface area (Å²) in [5, 5.41) is 6.44. The van der Waals surface area contributed by atoms with Crippen molar-refractivity contribution in [2.45, 2.75) is 88.0 Å². The molecule has 2 bridgehead atoms. The Kier molecular flexibility index (Phi) is 7.63. The van der Waals surface area contributed by atoms with Crippen LogP contribution in [0.4, 0.5) is 4.79 Å². The molecule has 2 N–H and O–H groups in total. The van der Waals surface area contributed by atoms with Gasteiger partial charge in [0.25, 0.3) is 0 Å². The number of thioether (sulfide) groups is 1. The van der Waals surface area contributed by atoms with Crippen molar-refractivity contribution in [3.8, 4) is 23.0 Å². The van der Waals surface area contributed by atoms with Gasteiger partial charge in [0.1, 0.15) is 0 Å². The maximum absolute atomic E-state index is 13.2. The van der Waals surface area contributed by atoms with E-state index in [0.29, 0.717) is 40.9 Å². The van der Waals surface area contributed by atoms with Crippen LogP contribution in [0.5, 0.6) is 23.0 Å². The summed E-state index contributed by atoms with van der Waals surface area (Å²) in [6.45, 7) is 2.63. The summed E-state index contributed by atoms with van der Waals surface area (Å²) in [5.41, 5.74) is 5.10. The number of nitrogens with one attached hydrogen (secondary N) is 2. The number of hydrogen-bond donors (Lipinski definition) is 2. The van der Waals surface area contributed by atoms with Crippen LogP contribution in [-0.4, -0.2) is 49.0 Å². The molecule has 6 unspecified atom stereocenters. The lowest BCUT2D eigenvalue weighted by molar-refractivity contribution is -0.134. The van der Waals surface area contributed by atoms with Gasteiger partial charge in [0.2, 0.25) is 6.79 Å². The number of unbranched alkanes of at least 4 members (excludes halogenated alkanes) is 1. The zero-order valence-corrected chi connectivity index (χ0v) is 25.2. The second-order valence-electron chi connectivity index (χ2n) is 12.6. The number of aryl methyl sites for hydroxylation is 1. The van der Waals surface area contributed by atoms with E-state index in [4.69, 9.17) is 18.9 Å². The summed E-state index contributed by atoms with van der Waals surface area (Å²) < 4.78 is 23.3. The first-order valence-electron chi connectivity index (χ1n) is 15.5. The number of fused-ring (bicyclic) bond motifs is 7. The number of esters is 1. The molecule has 2 aromatic carbocycles. The molecule has 8 nitrogen and oxygen atoms in total. The number of carbonyl (C=O) groups is 2. The summed E-state index contributed by atoms with van der Waals surface area (Å²) in [5.74, 6) is 5.07. The Labute approximate surface area is 251 Å². The van der Waals surface area contributed by atoms with Gasteiger partial charge < -0.3 is 29.6 Å². The number of benzene rings is 2. The average molecular weight is 593 g/mol. The topological polar surface area (TPSA) is 95.1 Å². The molecule has 2 saturated heterocycles. The molecular weight excluding hydrogens is 552 g/mol. The van der Waals surface area contributed by atoms with Crippen molar-refractivity contribution < 1.29 is 28.5 Å². The van der Waals surface area contributed by atoms with Gasteiger partial charge in [-0.1, -0.05) is 19.4 Å². The first kappa shape index (κ1) is 27.7. The van der Waals surface area contributed by atoms with Crippen molar-refractivity contribution in [2.75, 3.05) is 19.7 Å². The number of ether oxygens (including phenoxy) is 4. The van der Waals surface area contributed by atoms with E-state index in [2.05, 4.69) is 35.8 Å². The molecule has 2 aromatic rings. The Bertz CT molecular complexity index is 1380. The molecule has 0 saturated carbocycles. The predicted octanol–water partition coefficient (Wildman–Crippen LogP) is 5.53. The van der Waals surface area contributed by atoms with Crippen LogP contribution in [-0.2, 0) is 24.1 Å². The minimum atomic E-state index is -0.209. The fourth-order valence-corrected chi connectivity index (χ4v) is 9.31. The average Bonchev–Trinajstić information content (AvgIpc) is 3.65. The van der Waals surface area contributed by atoms with Crippen molar-refractivity contribution in [2.24, 2.45) is 11.8 Å². The van der Waals surface area contributed by atoms with Crippen LogP contribution in [0, 0.1) is 11.8 Å². The molecule has 2 fully saturated rings. The monoisotopic (exact) mass is 592 g/mol. The number of rotatable bonds is 7. The van der Waals surface area contributed by atoms with E-state index in [9.17, 15) is 9.59 Å². The van der Waals surface area contributed by atoms with Crippen molar-refractivity contribution in [3.05, 3.63) is 46.5 Å². The first-order chi connectivity index (χ1) is 20.5. The third-order valence-electron chi connectivity index (χ3n) is 10.1. The fourth-order valence-electron chi connectivity index (χ4n) is 7.77. The summed E-state index contributed by atoms with van der Waals surface area (Å²) in [6.07, 6.45) is 8.13. The molecule has 2 amide bonds. The summed E-state index contributed by atoms with van der Waals surface area (Å²) in [7, 11) is 1.65. The Morgan fingerprint density at radius 3 is 2.81 bits per heavy atom. The Morgan fingerprint density at radius 1 is 1.10 bits per heavy atom. The number of amides is 2. The molecule has 0 aromatic heterocycles. The van der Waals surface area contributed by atoms with Crippen molar-refractivity contribution >= 4 is 23.8 Å². The molecule has 224 valence electrons. The normalized spacial score (nSPS) is 28.8. The molecule has 9 heteroatoms. The van der Waals surface area contributed by atoms with E-state index in [1.807, 2.05) is 17.8 Å². The van der Waals surface area contributed by atoms with E-state index in [1.165, 1.54) is 16.7 Å². The van der Waals surface area contributed by atoms with Crippen molar-refractivity contribution in [3.63, 3.8) is 0 Å². The Balaban J connectivity index is 1.07. The van der Waals surface area contributed by atoms with E-state index in [0.717, 1.165) is 74.2 Å². The molecule has 0 radical (unpaired) electrons. The molecule has 3 heterocycles. The van der Waals surface area contributed by atoms with E-state index in [-0.39, 0.29) is 30.9 Å². The van der Waals surface area contributed by atoms with Crippen LogP contribution in [0.2, 0.25) is 0 Å². The quantitative estimate of drug-likeness (QED) is 0.189. The van der Waals surface area contributed by atoms with Gasteiger partial charge in [-0.05, 0) is 97.6 Å². The van der Waals surface area contributed by atoms with Crippen LogP contribution in [0.15, 0.2) is 24.3 Å². The minimum absolute atomic E-state index is 0.0598. The predicted molar refractivity (Wildman–Crippen MR) is 161 cm³/mol. The Hall–Kier alpha value is -3.07. The van der Waals surface area contributed by atoms with Crippen LogP contribution in [0.25, 0.3) is 0 Å². The summed E-state index contributed by atoms with van der Waals surface area (Å²) in [4.78, 5) is 24.8. The number of methoxy groups -OCH3 is 1. The van der Waals surface area contributed by atoms with E-state index >= 15 is 0 Å². The lowest BCUT2D eigenvalue weighted by Crippen LogP contribution is -2.36. The highest BCUT2D eigenvalue weighted by molar-refractivity contribution is 8.00. The van der Waals surface area contributed by atoms with Crippen LogP contribution < -0.4 is 29.6 Å². The standard InChI is InChI=1S/C33H40N2O6S/c1-18-11-24-20(13-22-12-19(18)7-8-21-14-27-28(15-23(21)22)40-17-39-27)9-10-26(38-2)32(24)41-30(36)6-4-3-5-29-31-25(16-42-29)34-33(37)35-31/h9-10,14-15,18-19,22,25,29,31H,3-8,11-13,16-17H2,1-2H3,(H2,34,35,37). The maximum atomic E-state index is 13.2. The molecule has 2 aliphatic carbocycles. The smallest absolute Gasteiger partial charge is 0.315 e. The van der Waals surface area contributed by atoms with Gasteiger partial charge in [0.05, 0.1) is 19.2 Å². The first-order valence-corrected chi connectivity index (χ1v) is 16.5. The summed E-state index contributed by atoms with van der Waals surface area (Å²) in [6, 6.07) is 8.90. The molecule has 42 heavy (non-hydrogen) atoms. The molecule has 0 spiro atoms. The lowest BCUT2D eigenvalue weighted by atomic mass is 9.74. The third-order valence-corrected chi connectivity index (χ3v) is 11.6.